The largest absolute Gasteiger partial charge is 0.268 e. The van der Waals surface area contributed by atoms with E-state index in [-0.39, 0.29) is 17.1 Å². The van der Waals surface area contributed by atoms with Crippen molar-refractivity contribution < 1.29 is 12.8 Å². The molecule has 4 nitrogen and oxygen atoms in total. The molecule has 0 spiro atoms. The molecule has 0 amide bonds. The Kier molecular flexibility index (Phi) is 4.76. The maximum Gasteiger partial charge on any atom is 0.160 e. The Morgan fingerprint density at radius 1 is 0.917 bits per heavy atom. The number of hydrogen-bond acceptors (Lipinski definition) is 3. The van der Waals surface area contributed by atoms with Gasteiger partial charge >= 0.3 is 0 Å². The summed E-state index contributed by atoms with van der Waals surface area (Å²) in [7, 11) is -3.49. The Morgan fingerprint density at radius 2 is 1.62 bits per heavy atom. The van der Waals surface area contributed by atoms with Gasteiger partial charge in [-0.3, -0.25) is 4.68 Å². The quantitative estimate of drug-likeness (QED) is 0.690. The van der Waals surface area contributed by atoms with E-state index in [1.54, 1.807) is 23.0 Å². The van der Waals surface area contributed by atoms with Crippen molar-refractivity contribution in [2.75, 3.05) is 0 Å². The first-order valence-electron chi connectivity index (χ1n) is 7.52. The van der Waals surface area contributed by atoms with E-state index in [0.717, 1.165) is 5.56 Å². The van der Waals surface area contributed by atoms with E-state index in [4.69, 9.17) is 0 Å². The van der Waals surface area contributed by atoms with E-state index in [1.165, 1.54) is 18.2 Å². The van der Waals surface area contributed by atoms with E-state index in [9.17, 15) is 12.8 Å². The second kappa shape index (κ2) is 6.97. The average molecular weight is 344 g/mol. The number of halogens is 1. The number of rotatable bonds is 6. The van der Waals surface area contributed by atoms with Crippen LogP contribution in [0.5, 0.6) is 0 Å². The summed E-state index contributed by atoms with van der Waals surface area (Å²) in [5.74, 6) is -1.04. The van der Waals surface area contributed by atoms with Crippen LogP contribution in [0.1, 0.15) is 16.8 Å². The summed E-state index contributed by atoms with van der Waals surface area (Å²) in [6, 6.07) is 17.4. The van der Waals surface area contributed by atoms with Crippen molar-refractivity contribution in [3.05, 3.63) is 89.5 Å². The highest BCUT2D eigenvalue weighted by atomic mass is 32.2. The van der Waals surface area contributed by atoms with Gasteiger partial charge in [0.05, 0.1) is 23.7 Å². The molecule has 1 aromatic heterocycles. The third-order valence-corrected chi connectivity index (χ3v) is 5.07. The van der Waals surface area contributed by atoms with E-state index in [0.29, 0.717) is 12.2 Å². The molecule has 0 saturated heterocycles. The van der Waals surface area contributed by atoms with Crippen LogP contribution in [0, 0.1) is 5.82 Å². The molecule has 0 atom stereocenters. The lowest BCUT2D eigenvalue weighted by Gasteiger charge is -2.04. The standard InChI is InChI=1S/C18H17FN2O2S/c19-18-9-5-4-8-16(18)13-24(22,23)14-17-10-11-21(20-17)12-15-6-2-1-3-7-15/h1-11H,12-14H2. The number of benzene rings is 2. The van der Waals surface area contributed by atoms with Gasteiger partial charge in [0.2, 0.25) is 0 Å². The van der Waals surface area contributed by atoms with E-state index < -0.39 is 15.7 Å². The summed E-state index contributed by atoms with van der Waals surface area (Å²) in [5, 5.41) is 4.30. The first-order chi connectivity index (χ1) is 11.5. The van der Waals surface area contributed by atoms with Gasteiger partial charge in [0.15, 0.2) is 9.84 Å². The van der Waals surface area contributed by atoms with Crippen LogP contribution in [0.25, 0.3) is 0 Å². The van der Waals surface area contributed by atoms with Gasteiger partial charge in [-0.05, 0) is 17.7 Å². The normalized spacial score (nSPS) is 11.5. The molecule has 0 saturated carbocycles. The van der Waals surface area contributed by atoms with E-state index >= 15 is 0 Å². The lowest BCUT2D eigenvalue weighted by molar-refractivity contribution is 0.585. The van der Waals surface area contributed by atoms with Gasteiger partial charge in [0, 0.05) is 11.8 Å². The minimum atomic E-state index is -3.49. The smallest absolute Gasteiger partial charge is 0.160 e. The Hall–Kier alpha value is -2.47. The van der Waals surface area contributed by atoms with Crippen LogP contribution in [0.4, 0.5) is 4.39 Å². The highest BCUT2D eigenvalue weighted by Gasteiger charge is 2.17. The SMILES string of the molecule is O=S(=O)(Cc1ccn(Cc2ccccc2)n1)Cc1ccccc1F. The summed E-state index contributed by atoms with van der Waals surface area (Å²) in [6.45, 7) is 0.578. The Morgan fingerprint density at radius 3 is 2.38 bits per heavy atom. The molecule has 0 N–H and O–H groups in total. The molecule has 24 heavy (non-hydrogen) atoms. The van der Waals surface area contributed by atoms with Gasteiger partial charge in [0.1, 0.15) is 5.82 Å². The third kappa shape index (κ3) is 4.29. The Labute approximate surface area is 140 Å². The van der Waals surface area contributed by atoms with Crippen LogP contribution in [0.2, 0.25) is 0 Å². The van der Waals surface area contributed by atoms with Crippen molar-refractivity contribution in [1.29, 1.82) is 0 Å². The fourth-order valence-electron chi connectivity index (χ4n) is 2.47. The van der Waals surface area contributed by atoms with Gasteiger partial charge < -0.3 is 0 Å². The van der Waals surface area contributed by atoms with Gasteiger partial charge in [-0.25, -0.2) is 12.8 Å². The molecule has 6 heteroatoms. The molecule has 0 unspecified atom stereocenters. The predicted octanol–water partition coefficient (Wildman–Crippen LogP) is 3.19. The second-order valence-electron chi connectivity index (χ2n) is 5.61. The third-order valence-electron chi connectivity index (χ3n) is 3.58. The maximum atomic E-state index is 13.6. The van der Waals surface area contributed by atoms with Gasteiger partial charge in [-0.15, -0.1) is 0 Å². The van der Waals surface area contributed by atoms with E-state index in [2.05, 4.69) is 5.10 Å². The van der Waals surface area contributed by atoms with Crippen LogP contribution in [0.15, 0.2) is 66.9 Å². The predicted molar refractivity (Wildman–Crippen MR) is 90.5 cm³/mol. The number of sulfone groups is 1. The topological polar surface area (TPSA) is 52.0 Å². The fraction of sp³-hybridized carbons (Fsp3) is 0.167. The van der Waals surface area contributed by atoms with Crippen molar-refractivity contribution in [1.82, 2.24) is 9.78 Å². The maximum absolute atomic E-state index is 13.6. The van der Waals surface area contributed by atoms with Crippen molar-refractivity contribution >= 4 is 9.84 Å². The van der Waals surface area contributed by atoms with Crippen LogP contribution < -0.4 is 0 Å². The molecule has 0 aliphatic rings. The van der Waals surface area contributed by atoms with Gasteiger partial charge in [-0.2, -0.15) is 5.10 Å². The molecular weight excluding hydrogens is 327 g/mol. The van der Waals surface area contributed by atoms with Crippen molar-refractivity contribution in [3.63, 3.8) is 0 Å². The minimum Gasteiger partial charge on any atom is -0.268 e. The molecule has 2 aromatic carbocycles. The first kappa shape index (κ1) is 16.4. The Bertz CT molecular complexity index is 921. The van der Waals surface area contributed by atoms with Gasteiger partial charge in [0.25, 0.3) is 0 Å². The second-order valence-corrected chi connectivity index (χ2v) is 7.68. The monoisotopic (exact) mass is 344 g/mol. The number of aromatic nitrogens is 2. The van der Waals surface area contributed by atoms with Crippen LogP contribution >= 0.6 is 0 Å². The molecule has 0 aliphatic heterocycles. The Balaban J connectivity index is 1.68. The highest BCUT2D eigenvalue weighted by molar-refractivity contribution is 7.89. The zero-order chi connectivity index (χ0) is 17.0. The fourth-order valence-corrected chi connectivity index (χ4v) is 3.88. The summed E-state index contributed by atoms with van der Waals surface area (Å²) < 4.78 is 39.9. The van der Waals surface area contributed by atoms with Crippen LogP contribution in [0.3, 0.4) is 0 Å². The molecule has 0 radical (unpaired) electrons. The molecule has 124 valence electrons. The molecule has 1 heterocycles. The molecule has 3 aromatic rings. The first-order valence-corrected chi connectivity index (χ1v) is 9.34. The number of hydrogen-bond donors (Lipinski definition) is 0. The molecular formula is C18H17FN2O2S. The number of nitrogens with zero attached hydrogens (tertiary/aromatic N) is 2. The van der Waals surface area contributed by atoms with Crippen LogP contribution in [-0.2, 0) is 27.9 Å². The summed E-state index contributed by atoms with van der Waals surface area (Å²) in [5.41, 5.74) is 1.73. The minimum absolute atomic E-state index is 0.182. The zero-order valence-electron chi connectivity index (χ0n) is 13.0. The summed E-state index contributed by atoms with van der Waals surface area (Å²) >= 11 is 0. The summed E-state index contributed by atoms with van der Waals surface area (Å²) in [4.78, 5) is 0. The summed E-state index contributed by atoms with van der Waals surface area (Å²) in [6.07, 6.45) is 1.75. The van der Waals surface area contributed by atoms with Crippen molar-refractivity contribution in [3.8, 4) is 0 Å². The molecule has 0 fully saturated rings. The van der Waals surface area contributed by atoms with Crippen LogP contribution in [-0.4, -0.2) is 18.2 Å². The molecule has 0 bridgehead atoms. The van der Waals surface area contributed by atoms with Crippen molar-refractivity contribution in [2.24, 2.45) is 0 Å². The van der Waals surface area contributed by atoms with Gasteiger partial charge in [-0.1, -0.05) is 48.5 Å². The van der Waals surface area contributed by atoms with E-state index in [1.807, 2.05) is 30.3 Å². The highest BCUT2D eigenvalue weighted by Crippen LogP contribution is 2.14. The average Bonchev–Trinajstić information content (AvgIpc) is 2.96. The lowest BCUT2D eigenvalue weighted by Crippen LogP contribution is -2.10. The molecule has 0 aliphatic carbocycles. The zero-order valence-corrected chi connectivity index (χ0v) is 13.8. The molecule has 3 rings (SSSR count). The van der Waals surface area contributed by atoms with Crippen molar-refractivity contribution in [2.45, 2.75) is 18.1 Å². The lowest BCUT2D eigenvalue weighted by atomic mass is 10.2.